The Hall–Kier alpha value is -3.10. The molecule has 1 aliphatic heterocycles. The molecule has 0 aliphatic carbocycles. The summed E-state index contributed by atoms with van der Waals surface area (Å²) in [7, 11) is 2.16. The van der Waals surface area contributed by atoms with Crippen molar-refractivity contribution in [2.45, 2.75) is 25.9 Å². The zero-order chi connectivity index (χ0) is 22.1. The Morgan fingerprint density at radius 2 is 1.66 bits per heavy atom. The lowest BCUT2D eigenvalue weighted by Crippen LogP contribution is -2.35. The summed E-state index contributed by atoms with van der Waals surface area (Å²) < 4.78 is 5.84. The van der Waals surface area contributed by atoms with Crippen LogP contribution in [0.3, 0.4) is 0 Å². The summed E-state index contributed by atoms with van der Waals surface area (Å²) in [4.78, 5) is 33.2. The van der Waals surface area contributed by atoms with E-state index in [4.69, 9.17) is 19.5 Å². The van der Waals surface area contributed by atoms with E-state index in [9.17, 15) is 4.79 Å². The molecular weight excluding hydrogens is 374 g/mol. The number of carbonyl (C=O) groups is 3. The third-order valence-electron chi connectivity index (χ3n) is 4.11. The average Bonchev–Trinajstić information content (AvgIpc) is 2.79. The molecule has 0 radical (unpaired) electrons. The SMILES string of the molecule is C=O.C=O.CN1CCC(Oc2ccncc2)CC1.Cc1ccccc1C(=O)NO. The molecule has 1 aromatic heterocycles. The van der Waals surface area contributed by atoms with E-state index in [1.807, 2.05) is 44.8 Å². The molecule has 8 heteroatoms. The molecule has 2 aromatic rings. The fraction of sp³-hybridized carbons (Fsp3) is 0.333. The minimum Gasteiger partial charge on any atom is -0.490 e. The van der Waals surface area contributed by atoms with Crippen molar-refractivity contribution in [2.24, 2.45) is 0 Å². The highest BCUT2D eigenvalue weighted by Gasteiger charge is 2.17. The molecule has 0 spiro atoms. The van der Waals surface area contributed by atoms with Crippen molar-refractivity contribution in [3.8, 4) is 5.75 Å². The Morgan fingerprint density at radius 1 is 1.10 bits per heavy atom. The molecule has 1 amide bonds. The zero-order valence-electron chi connectivity index (χ0n) is 16.9. The van der Waals surface area contributed by atoms with Crippen molar-refractivity contribution in [2.75, 3.05) is 20.1 Å². The first kappa shape index (κ1) is 25.9. The van der Waals surface area contributed by atoms with E-state index in [1.165, 1.54) is 0 Å². The number of hydrogen-bond acceptors (Lipinski definition) is 7. The topological polar surface area (TPSA) is 109 Å². The van der Waals surface area contributed by atoms with Gasteiger partial charge in [0.2, 0.25) is 0 Å². The molecule has 1 saturated heterocycles. The van der Waals surface area contributed by atoms with Crippen LogP contribution in [-0.4, -0.2) is 60.8 Å². The van der Waals surface area contributed by atoms with Gasteiger partial charge < -0.3 is 19.2 Å². The van der Waals surface area contributed by atoms with Gasteiger partial charge in [-0.15, -0.1) is 0 Å². The fourth-order valence-electron chi connectivity index (χ4n) is 2.60. The van der Waals surface area contributed by atoms with Crippen LogP contribution in [0, 0.1) is 6.92 Å². The number of hydroxylamine groups is 1. The van der Waals surface area contributed by atoms with Gasteiger partial charge in [-0.05, 0) is 50.6 Å². The second-order valence-electron chi connectivity index (χ2n) is 6.06. The fourth-order valence-corrected chi connectivity index (χ4v) is 2.60. The monoisotopic (exact) mass is 403 g/mol. The van der Waals surface area contributed by atoms with Gasteiger partial charge in [0.25, 0.3) is 5.91 Å². The largest absolute Gasteiger partial charge is 0.490 e. The van der Waals surface area contributed by atoms with Crippen molar-refractivity contribution in [1.82, 2.24) is 15.4 Å². The van der Waals surface area contributed by atoms with Crippen LogP contribution in [0.15, 0.2) is 48.8 Å². The number of hydrogen-bond donors (Lipinski definition) is 2. The van der Waals surface area contributed by atoms with Gasteiger partial charge in [0.15, 0.2) is 0 Å². The average molecular weight is 403 g/mol. The first-order valence-electron chi connectivity index (χ1n) is 8.93. The van der Waals surface area contributed by atoms with Crippen LogP contribution in [0.2, 0.25) is 0 Å². The second-order valence-corrected chi connectivity index (χ2v) is 6.06. The molecule has 2 N–H and O–H groups in total. The third-order valence-corrected chi connectivity index (χ3v) is 4.11. The van der Waals surface area contributed by atoms with Crippen LogP contribution in [0.25, 0.3) is 0 Å². The minimum atomic E-state index is -0.469. The predicted molar refractivity (Wildman–Crippen MR) is 110 cm³/mol. The van der Waals surface area contributed by atoms with Gasteiger partial charge in [0.05, 0.1) is 0 Å². The van der Waals surface area contributed by atoms with E-state index in [-0.39, 0.29) is 0 Å². The van der Waals surface area contributed by atoms with Crippen molar-refractivity contribution < 1.29 is 24.3 Å². The molecule has 2 heterocycles. The van der Waals surface area contributed by atoms with Crippen LogP contribution in [0.4, 0.5) is 0 Å². The molecule has 1 aromatic carbocycles. The van der Waals surface area contributed by atoms with Crippen LogP contribution < -0.4 is 10.2 Å². The van der Waals surface area contributed by atoms with Gasteiger partial charge in [0, 0.05) is 31.0 Å². The molecule has 1 aliphatic rings. The molecule has 0 unspecified atom stereocenters. The number of aromatic nitrogens is 1. The lowest BCUT2D eigenvalue weighted by molar-refractivity contribution is -0.0987. The van der Waals surface area contributed by atoms with Gasteiger partial charge >= 0.3 is 0 Å². The van der Waals surface area contributed by atoms with E-state index < -0.39 is 5.91 Å². The Kier molecular flexibility index (Phi) is 14.2. The van der Waals surface area contributed by atoms with Gasteiger partial charge in [-0.3, -0.25) is 15.0 Å². The third kappa shape index (κ3) is 10.1. The first-order chi connectivity index (χ1) is 14.1. The number of pyridine rings is 1. The molecule has 8 nitrogen and oxygen atoms in total. The molecule has 3 rings (SSSR count). The van der Waals surface area contributed by atoms with Crippen molar-refractivity contribution in [3.05, 3.63) is 59.9 Å². The number of benzene rings is 1. The van der Waals surface area contributed by atoms with E-state index >= 15 is 0 Å². The van der Waals surface area contributed by atoms with E-state index in [0.717, 1.165) is 37.2 Å². The summed E-state index contributed by atoms with van der Waals surface area (Å²) in [6, 6.07) is 10.9. The highest BCUT2D eigenvalue weighted by molar-refractivity contribution is 5.94. The molecule has 0 bridgehead atoms. The smallest absolute Gasteiger partial charge is 0.274 e. The number of rotatable bonds is 3. The van der Waals surface area contributed by atoms with Crippen LogP contribution in [0.5, 0.6) is 5.75 Å². The van der Waals surface area contributed by atoms with Crippen LogP contribution >= 0.6 is 0 Å². The van der Waals surface area contributed by atoms with Crippen LogP contribution in [-0.2, 0) is 9.59 Å². The van der Waals surface area contributed by atoms with E-state index in [1.54, 1.807) is 30.0 Å². The Labute approximate surface area is 171 Å². The molecule has 158 valence electrons. The predicted octanol–water partition coefficient (Wildman–Crippen LogP) is 2.30. The molecule has 0 atom stereocenters. The number of nitrogens with one attached hydrogen (secondary N) is 1. The summed E-state index contributed by atoms with van der Waals surface area (Å²) in [5, 5.41) is 8.31. The van der Waals surface area contributed by atoms with Crippen LogP contribution in [0.1, 0.15) is 28.8 Å². The van der Waals surface area contributed by atoms with Crippen molar-refractivity contribution in [3.63, 3.8) is 0 Å². The summed E-state index contributed by atoms with van der Waals surface area (Å²) in [5.74, 6) is 0.470. The number of nitrogens with zero attached hydrogens (tertiary/aromatic N) is 2. The first-order valence-corrected chi connectivity index (χ1v) is 8.93. The number of piperidine rings is 1. The standard InChI is InChI=1S/C11H16N2O.C8H9NO2.2CH2O/c1-13-8-4-11(5-9-13)14-10-2-6-12-7-3-10;1-6-4-2-3-5-7(6)8(10)9-11;2*1-2/h2-3,6-7,11H,4-5,8-9H2,1H3;2-5,11H,1H3,(H,9,10);2*1H2. The molecular formula is C21H29N3O5. The summed E-state index contributed by atoms with van der Waals surface area (Å²) in [6.45, 7) is 8.08. The summed E-state index contributed by atoms with van der Waals surface area (Å²) in [5.41, 5.74) is 2.92. The maximum Gasteiger partial charge on any atom is 0.274 e. The van der Waals surface area contributed by atoms with Gasteiger partial charge in [-0.2, -0.15) is 0 Å². The Balaban J connectivity index is 0.000000472. The quantitative estimate of drug-likeness (QED) is 0.598. The maximum atomic E-state index is 10.9. The Morgan fingerprint density at radius 3 is 2.17 bits per heavy atom. The van der Waals surface area contributed by atoms with Gasteiger partial charge in [-0.25, -0.2) is 5.48 Å². The highest BCUT2D eigenvalue weighted by Crippen LogP contribution is 2.17. The number of likely N-dealkylation sites (tertiary alicyclic amines) is 1. The second kappa shape index (κ2) is 15.9. The van der Waals surface area contributed by atoms with E-state index in [0.29, 0.717) is 11.7 Å². The maximum absolute atomic E-state index is 10.9. The van der Waals surface area contributed by atoms with Crippen molar-refractivity contribution >= 4 is 19.5 Å². The lowest BCUT2D eigenvalue weighted by Gasteiger charge is -2.29. The molecule has 1 fully saturated rings. The summed E-state index contributed by atoms with van der Waals surface area (Å²) >= 11 is 0. The zero-order valence-corrected chi connectivity index (χ0v) is 16.9. The molecule has 0 saturated carbocycles. The number of aryl methyl sites for hydroxylation is 1. The lowest BCUT2D eigenvalue weighted by atomic mass is 10.1. The van der Waals surface area contributed by atoms with E-state index in [2.05, 4.69) is 16.9 Å². The highest BCUT2D eigenvalue weighted by atomic mass is 16.5. The number of amides is 1. The number of carbonyl (C=O) groups excluding carboxylic acids is 3. The minimum absolute atomic E-state index is 0.383. The Bertz CT molecular complexity index is 690. The van der Waals surface area contributed by atoms with Gasteiger partial charge in [-0.1, -0.05) is 18.2 Å². The summed E-state index contributed by atoms with van der Waals surface area (Å²) in [6.07, 6.45) is 6.17. The normalized spacial score (nSPS) is 13.2. The van der Waals surface area contributed by atoms with Crippen molar-refractivity contribution in [1.29, 1.82) is 0 Å². The number of ether oxygens (including phenoxy) is 1. The van der Waals surface area contributed by atoms with Gasteiger partial charge in [0.1, 0.15) is 25.4 Å². The molecule has 29 heavy (non-hydrogen) atoms.